The number of benzene rings is 1. The van der Waals surface area contributed by atoms with Gasteiger partial charge >= 0.3 is 0 Å². The Morgan fingerprint density at radius 2 is 1.83 bits per heavy atom. The van der Waals surface area contributed by atoms with Crippen molar-refractivity contribution < 1.29 is 4.39 Å². The highest BCUT2D eigenvalue weighted by molar-refractivity contribution is 14.1. The predicted molar refractivity (Wildman–Crippen MR) is 89.7 cm³/mol. The van der Waals surface area contributed by atoms with Crippen LogP contribution >= 0.6 is 46.1 Å². The minimum absolute atomic E-state index is 0.0905. The summed E-state index contributed by atoms with van der Waals surface area (Å²) in [6.07, 6.45) is 0. The zero-order valence-corrected chi connectivity index (χ0v) is 14.7. The molecule has 1 aromatic rings. The van der Waals surface area contributed by atoms with E-state index in [1.807, 2.05) is 52.2 Å². The molecule has 0 nitrogen and oxygen atoms in total. The molecule has 0 N–H and O–H groups in total. The van der Waals surface area contributed by atoms with Crippen molar-refractivity contribution >= 4 is 46.1 Å². The van der Waals surface area contributed by atoms with E-state index < -0.39 is 0 Å². The van der Waals surface area contributed by atoms with Crippen molar-refractivity contribution in [1.29, 1.82) is 0 Å². The summed E-state index contributed by atoms with van der Waals surface area (Å²) in [5, 5.41) is 0. The van der Waals surface area contributed by atoms with Crippen LogP contribution in [-0.4, -0.2) is 11.5 Å². The third-order valence-electron chi connectivity index (χ3n) is 3.34. The summed E-state index contributed by atoms with van der Waals surface area (Å²) in [6, 6.07) is 5.64. The summed E-state index contributed by atoms with van der Waals surface area (Å²) in [5.41, 5.74) is 1.50. The van der Waals surface area contributed by atoms with Crippen molar-refractivity contribution in [2.75, 3.05) is 11.5 Å². The Bertz CT molecular complexity index is 420. The lowest BCUT2D eigenvalue weighted by Gasteiger charge is -2.36. The molecule has 1 fully saturated rings. The van der Waals surface area contributed by atoms with Gasteiger partial charge < -0.3 is 0 Å². The van der Waals surface area contributed by atoms with Crippen LogP contribution in [0.5, 0.6) is 0 Å². The summed E-state index contributed by atoms with van der Waals surface area (Å²) in [6.45, 7) is 6.93. The third kappa shape index (κ3) is 3.57. The topological polar surface area (TPSA) is 0 Å². The Morgan fingerprint density at radius 1 is 1.22 bits per heavy atom. The van der Waals surface area contributed by atoms with E-state index >= 15 is 0 Å². The van der Waals surface area contributed by atoms with Crippen molar-refractivity contribution in [2.24, 2.45) is 11.3 Å². The van der Waals surface area contributed by atoms with Crippen molar-refractivity contribution in [3.05, 3.63) is 33.1 Å². The van der Waals surface area contributed by atoms with E-state index in [0.717, 1.165) is 11.5 Å². The second kappa shape index (κ2) is 5.92. The standard InChI is InChI=1S/C14H18FIS2/c1-14(2,3)10-7-17-13(18-8-10)9-4-5-12(16)11(15)6-9/h4-6,10,13H,7-8H2,1-3H3. The molecule has 0 aliphatic carbocycles. The lowest BCUT2D eigenvalue weighted by atomic mass is 9.83. The van der Waals surface area contributed by atoms with Gasteiger partial charge in [-0.2, -0.15) is 0 Å². The van der Waals surface area contributed by atoms with Crippen LogP contribution in [0.3, 0.4) is 0 Å². The molecular weight excluding hydrogens is 378 g/mol. The lowest BCUT2D eigenvalue weighted by molar-refractivity contribution is 0.292. The number of halogens is 2. The molecule has 0 spiro atoms. The highest BCUT2D eigenvalue weighted by atomic mass is 127. The molecule has 0 bridgehead atoms. The lowest BCUT2D eigenvalue weighted by Crippen LogP contribution is -2.27. The van der Waals surface area contributed by atoms with Crippen LogP contribution in [-0.2, 0) is 0 Å². The van der Waals surface area contributed by atoms with Crippen LogP contribution < -0.4 is 0 Å². The molecule has 1 aliphatic heterocycles. The molecule has 1 saturated heterocycles. The number of thioether (sulfide) groups is 2. The van der Waals surface area contributed by atoms with Crippen LogP contribution in [0.1, 0.15) is 30.9 Å². The Morgan fingerprint density at radius 3 is 2.33 bits per heavy atom. The number of hydrogen-bond acceptors (Lipinski definition) is 2. The largest absolute Gasteiger partial charge is 0.206 e. The van der Waals surface area contributed by atoms with Gasteiger partial charge in [-0.15, -0.1) is 23.5 Å². The summed E-state index contributed by atoms with van der Waals surface area (Å²) in [5.74, 6) is 3.01. The van der Waals surface area contributed by atoms with Crippen LogP contribution in [0, 0.1) is 20.7 Å². The predicted octanol–water partition coefficient (Wildman–Crippen LogP) is 5.57. The first-order valence-electron chi connectivity index (χ1n) is 6.06. The Labute approximate surface area is 131 Å². The molecule has 0 saturated carbocycles. The molecule has 1 aliphatic rings. The zero-order chi connectivity index (χ0) is 13.3. The molecule has 1 aromatic carbocycles. The van der Waals surface area contributed by atoms with Crippen molar-refractivity contribution in [3.63, 3.8) is 0 Å². The van der Waals surface area contributed by atoms with Gasteiger partial charge in [-0.3, -0.25) is 0 Å². The Hall–Kier alpha value is 0.580. The number of hydrogen-bond donors (Lipinski definition) is 0. The normalized spacial score (nSPS) is 25.2. The SMILES string of the molecule is CC(C)(C)C1CSC(c2ccc(I)c(F)c2)SC1. The molecular formula is C14H18FIS2. The summed E-state index contributed by atoms with van der Waals surface area (Å²) < 4.78 is 14.7. The highest BCUT2D eigenvalue weighted by Gasteiger charge is 2.31. The smallest absolute Gasteiger partial charge is 0.136 e. The molecule has 0 radical (unpaired) electrons. The van der Waals surface area contributed by atoms with Gasteiger partial charge in [-0.1, -0.05) is 26.8 Å². The van der Waals surface area contributed by atoms with Crippen LogP contribution in [0.4, 0.5) is 4.39 Å². The van der Waals surface area contributed by atoms with Crippen molar-refractivity contribution in [1.82, 2.24) is 0 Å². The minimum atomic E-state index is -0.0905. The molecule has 100 valence electrons. The molecule has 4 heteroatoms. The first-order valence-corrected chi connectivity index (χ1v) is 9.23. The maximum atomic E-state index is 13.6. The first kappa shape index (κ1) is 15.0. The van der Waals surface area contributed by atoms with Gasteiger partial charge in [0, 0.05) is 3.57 Å². The average Bonchev–Trinajstić information content (AvgIpc) is 2.32. The fourth-order valence-corrected chi connectivity index (χ4v) is 5.92. The van der Waals surface area contributed by atoms with Gasteiger partial charge in [-0.05, 0) is 63.1 Å². The molecule has 2 rings (SSSR count). The molecule has 0 atom stereocenters. The van der Waals surface area contributed by atoms with E-state index in [-0.39, 0.29) is 5.82 Å². The average molecular weight is 396 g/mol. The fraction of sp³-hybridized carbons (Fsp3) is 0.571. The highest BCUT2D eigenvalue weighted by Crippen LogP contribution is 2.49. The fourth-order valence-electron chi connectivity index (χ4n) is 1.85. The molecule has 1 heterocycles. The number of rotatable bonds is 1. The third-order valence-corrected chi connectivity index (χ3v) is 7.37. The quantitative estimate of drug-likeness (QED) is 0.569. The first-order chi connectivity index (χ1) is 8.38. The van der Waals surface area contributed by atoms with E-state index in [9.17, 15) is 4.39 Å². The Kier molecular flexibility index (Phi) is 4.92. The summed E-state index contributed by atoms with van der Waals surface area (Å²) in [7, 11) is 0. The zero-order valence-electron chi connectivity index (χ0n) is 10.9. The molecule has 18 heavy (non-hydrogen) atoms. The van der Waals surface area contributed by atoms with E-state index in [0.29, 0.717) is 13.6 Å². The van der Waals surface area contributed by atoms with E-state index in [4.69, 9.17) is 0 Å². The molecule has 0 aromatic heterocycles. The maximum Gasteiger partial charge on any atom is 0.136 e. The van der Waals surface area contributed by atoms with Gasteiger partial charge in [0.15, 0.2) is 0 Å². The molecule has 0 amide bonds. The van der Waals surface area contributed by atoms with Crippen LogP contribution in [0.15, 0.2) is 18.2 Å². The van der Waals surface area contributed by atoms with Gasteiger partial charge in [-0.25, -0.2) is 4.39 Å². The van der Waals surface area contributed by atoms with Gasteiger partial charge in [0.2, 0.25) is 0 Å². The summed E-state index contributed by atoms with van der Waals surface area (Å²) in [4.78, 5) is 0. The monoisotopic (exact) mass is 396 g/mol. The van der Waals surface area contributed by atoms with E-state index in [1.165, 1.54) is 11.5 Å². The van der Waals surface area contributed by atoms with Gasteiger partial charge in [0.1, 0.15) is 5.82 Å². The van der Waals surface area contributed by atoms with Crippen molar-refractivity contribution in [2.45, 2.75) is 25.4 Å². The van der Waals surface area contributed by atoms with Crippen LogP contribution in [0.2, 0.25) is 0 Å². The van der Waals surface area contributed by atoms with Gasteiger partial charge in [0.25, 0.3) is 0 Å². The summed E-state index contributed by atoms with van der Waals surface area (Å²) >= 11 is 5.96. The second-order valence-corrected chi connectivity index (χ2v) is 9.47. The van der Waals surface area contributed by atoms with E-state index in [2.05, 4.69) is 26.8 Å². The van der Waals surface area contributed by atoms with Crippen molar-refractivity contribution in [3.8, 4) is 0 Å². The molecule has 0 unspecified atom stereocenters. The van der Waals surface area contributed by atoms with Gasteiger partial charge in [0.05, 0.1) is 4.58 Å². The Balaban J connectivity index is 2.03. The van der Waals surface area contributed by atoms with Crippen LogP contribution in [0.25, 0.3) is 0 Å². The maximum absolute atomic E-state index is 13.6. The second-order valence-electron chi connectivity index (χ2n) is 5.74. The minimum Gasteiger partial charge on any atom is -0.206 e. The van der Waals surface area contributed by atoms with E-state index in [1.54, 1.807) is 6.07 Å².